The number of nitrogens with zero attached hydrogens (tertiary/aromatic N) is 3. The van der Waals surface area contributed by atoms with Crippen molar-refractivity contribution in [2.75, 3.05) is 33.0 Å². The SMILES string of the molecule is O=CN1CCN(C(=O)c2cccc(C(=O)NCc3ccc4c(c3)OCO4)n2)CC1. The molecule has 0 aliphatic carbocycles. The maximum Gasteiger partial charge on any atom is 0.272 e. The number of carbonyl (C=O) groups is 3. The van der Waals surface area contributed by atoms with Gasteiger partial charge in [-0.05, 0) is 29.8 Å². The van der Waals surface area contributed by atoms with Crippen molar-refractivity contribution in [3.8, 4) is 11.5 Å². The topological polar surface area (TPSA) is 101 Å². The van der Waals surface area contributed by atoms with Gasteiger partial charge in [0.1, 0.15) is 11.4 Å². The summed E-state index contributed by atoms with van der Waals surface area (Å²) in [6.07, 6.45) is 0.783. The molecule has 3 heterocycles. The lowest BCUT2D eigenvalue weighted by molar-refractivity contribution is -0.119. The van der Waals surface area contributed by atoms with E-state index in [1.807, 2.05) is 12.1 Å². The molecular formula is C20H20N4O5. The van der Waals surface area contributed by atoms with Crippen molar-refractivity contribution in [3.05, 3.63) is 53.3 Å². The zero-order valence-electron chi connectivity index (χ0n) is 15.7. The molecule has 1 aromatic heterocycles. The molecule has 0 atom stereocenters. The van der Waals surface area contributed by atoms with Crippen LogP contribution in [-0.2, 0) is 11.3 Å². The van der Waals surface area contributed by atoms with Crippen LogP contribution in [0.3, 0.4) is 0 Å². The molecule has 3 amide bonds. The van der Waals surface area contributed by atoms with Gasteiger partial charge in [-0.15, -0.1) is 0 Å². The molecule has 4 rings (SSSR count). The average molecular weight is 396 g/mol. The lowest BCUT2D eigenvalue weighted by Crippen LogP contribution is -2.48. The van der Waals surface area contributed by atoms with Crippen LogP contribution >= 0.6 is 0 Å². The number of amides is 3. The summed E-state index contributed by atoms with van der Waals surface area (Å²) in [5.41, 5.74) is 1.24. The number of hydrogen-bond donors (Lipinski definition) is 1. The smallest absolute Gasteiger partial charge is 0.272 e. The Labute approximate surface area is 167 Å². The first-order valence-electron chi connectivity index (χ1n) is 9.26. The van der Waals surface area contributed by atoms with Crippen LogP contribution in [0.25, 0.3) is 0 Å². The van der Waals surface area contributed by atoms with Crippen LogP contribution in [0.5, 0.6) is 11.5 Å². The van der Waals surface area contributed by atoms with Crippen molar-refractivity contribution in [3.63, 3.8) is 0 Å². The van der Waals surface area contributed by atoms with Crippen molar-refractivity contribution in [1.82, 2.24) is 20.1 Å². The molecule has 9 heteroatoms. The molecule has 1 N–H and O–H groups in total. The van der Waals surface area contributed by atoms with Crippen molar-refractivity contribution in [1.29, 1.82) is 0 Å². The van der Waals surface area contributed by atoms with Gasteiger partial charge in [0.25, 0.3) is 11.8 Å². The fourth-order valence-corrected chi connectivity index (χ4v) is 3.20. The summed E-state index contributed by atoms with van der Waals surface area (Å²) in [4.78, 5) is 43.4. The molecule has 0 radical (unpaired) electrons. The summed E-state index contributed by atoms with van der Waals surface area (Å²) in [6.45, 7) is 2.36. The van der Waals surface area contributed by atoms with E-state index in [9.17, 15) is 14.4 Å². The minimum atomic E-state index is -0.372. The van der Waals surface area contributed by atoms with E-state index in [0.717, 1.165) is 12.0 Å². The van der Waals surface area contributed by atoms with E-state index >= 15 is 0 Å². The Kier molecular flexibility index (Phi) is 5.28. The molecule has 0 spiro atoms. The summed E-state index contributed by atoms with van der Waals surface area (Å²) in [7, 11) is 0. The van der Waals surface area contributed by atoms with E-state index in [2.05, 4.69) is 10.3 Å². The molecule has 2 aliphatic rings. The second-order valence-corrected chi connectivity index (χ2v) is 6.71. The highest BCUT2D eigenvalue weighted by Gasteiger charge is 2.23. The molecule has 0 unspecified atom stereocenters. The lowest BCUT2D eigenvalue weighted by Gasteiger charge is -2.32. The highest BCUT2D eigenvalue weighted by atomic mass is 16.7. The zero-order chi connectivity index (χ0) is 20.2. The summed E-state index contributed by atoms with van der Waals surface area (Å²) in [5, 5.41) is 2.80. The van der Waals surface area contributed by atoms with Crippen LogP contribution in [-0.4, -0.2) is 66.0 Å². The fourth-order valence-electron chi connectivity index (χ4n) is 3.20. The molecule has 2 aromatic rings. The third kappa shape index (κ3) is 4.13. The van der Waals surface area contributed by atoms with Crippen LogP contribution in [0.4, 0.5) is 0 Å². The van der Waals surface area contributed by atoms with E-state index < -0.39 is 0 Å². The Hall–Kier alpha value is -3.62. The standard InChI is InChI=1S/C20H20N4O5/c25-12-23-6-8-24(9-7-23)20(27)16-3-1-2-15(22-16)19(26)21-11-14-4-5-17-18(10-14)29-13-28-17/h1-5,10,12H,6-9,11,13H2,(H,21,26). The molecule has 29 heavy (non-hydrogen) atoms. The van der Waals surface area contributed by atoms with Gasteiger partial charge in [0.15, 0.2) is 11.5 Å². The van der Waals surface area contributed by atoms with Gasteiger partial charge in [-0.1, -0.05) is 12.1 Å². The quantitative estimate of drug-likeness (QED) is 0.745. The first kappa shape index (κ1) is 18.7. The van der Waals surface area contributed by atoms with Gasteiger partial charge in [-0.25, -0.2) is 4.98 Å². The molecule has 0 saturated carbocycles. The average Bonchev–Trinajstić information content (AvgIpc) is 3.25. The van der Waals surface area contributed by atoms with Gasteiger partial charge in [-0.2, -0.15) is 0 Å². The number of ether oxygens (including phenoxy) is 2. The van der Waals surface area contributed by atoms with Crippen LogP contribution in [0, 0.1) is 0 Å². The minimum absolute atomic E-state index is 0.170. The monoisotopic (exact) mass is 396 g/mol. The largest absolute Gasteiger partial charge is 0.454 e. The Morgan fingerprint density at radius 2 is 1.79 bits per heavy atom. The third-order valence-corrected chi connectivity index (χ3v) is 4.84. The molecule has 0 bridgehead atoms. The summed E-state index contributed by atoms with van der Waals surface area (Å²) >= 11 is 0. The van der Waals surface area contributed by atoms with Gasteiger partial charge in [0, 0.05) is 32.7 Å². The second-order valence-electron chi connectivity index (χ2n) is 6.71. The van der Waals surface area contributed by atoms with Gasteiger partial charge in [-0.3, -0.25) is 14.4 Å². The maximum atomic E-state index is 12.7. The minimum Gasteiger partial charge on any atom is -0.454 e. The van der Waals surface area contributed by atoms with E-state index in [4.69, 9.17) is 9.47 Å². The number of rotatable bonds is 5. The Bertz CT molecular complexity index is 940. The molecule has 150 valence electrons. The number of benzene rings is 1. The third-order valence-electron chi connectivity index (χ3n) is 4.84. The summed E-state index contributed by atoms with van der Waals surface area (Å²) < 4.78 is 10.6. The molecule has 2 aliphatic heterocycles. The number of hydrogen-bond acceptors (Lipinski definition) is 6. The second kappa shape index (κ2) is 8.17. The number of aromatic nitrogens is 1. The van der Waals surface area contributed by atoms with Gasteiger partial charge >= 0.3 is 0 Å². The highest BCUT2D eigenvalue weighted by Crippen LogP contribution is 2.32. The normalized spacial score (nSPS) is 15.2. The van der Waals surface area contributed by atoms with Crippen LogP contribution in [0.15, 0.2) is 36.4 Å². The lowest BCUT2D eigenvalue weighted by atomic mass is 10.2. The van der Waals surface area contributed by atoms with Crippen LogP contribution < -0.4 is 14.8 Å². The molecular weight excluding hydrogens is 376 g/mol. The fraction of sp³-hybridized carbons (Fsp3) is 0.300. The highest BCUT2D eigenvalue weighted by molar-refractivity contribution is 5.96. The predicted molar refractivity (Wildman–Crippen MR) is 102 cm³/mol. The number of fused-ring (bicyclic) bond motifs is 1. The van der Waals surface area contributed by atoms with Crippen molar-refractivity contribution in [2.45, 2.75) is 6.54 Å². The summed E-state index contributed by atoms with van der Waals surface area (Å²) in [5.74, 6) is 0.711. The number of pyridine rings is 1. The molecule has 1 fully saturated rings. The number of piperazine rings is 1. The zero-order valence-corrected chi connectivity index (χ0v) is 15.7. The van der Waals surface area contributed by atoms with E-state index in [-0.39, 0.29) is 30.0 Å². The summed E-state index contributed by atoms with van der Waals surface area (Å²) in [6, 6.07) is 10.2. The van der Waals surface area contributed by atoms with Crippen molar-refractivity contribution >= 4 is 18.2 Å². The van der Waals surface area contributed by atoms with Crippen molar-refractivity contribution in [2.24, 2.45) is 0 Å². The van der Waals surface area contributed by atoms with E-state index in [1.54, 1.807) is 34.1 Å². The maximum absolute atomic E-state index is 12.7. The first-order valence-corrected chi connectivity index (χ1v) is 9.26. The first-order chi connectivity index (χ1) is 14.1. The van der Waals surface area contributed by atoms with Gasteiger partial charge < -0.3 is 24.6 Å². The van der Waals surface area contributed by atoms with Crippen LogP contribution in [0.1, 0.15) is 26.5 Å². The van der Waals surface area contributed by atoms with Gasteiger partial charge in [0.05, 0.1) is 0 Å². The van der Waals surface area contributed by atoms with E-state index in [1.165, 1.54) is 0 Å². The van der Waals surface area contributed by atoms with Crippen molar-refractivity contribution < 1.29 is 23.9 Å². The van der Waals surface area contributed by atoms with Gasteiger partial charge in [0.2, 0.25) is 13.2 Å². The Balaban J connectivity index is 1.38. The van der Waals surface area contributed by atoms with Crippen LogP contribution in [0.2, 0.25) is 0 Å². The van der Waals surface area contributed by atoms with E-state index in [0.29, 0.717) is 44.2 Å². The predicted octanol–water partition coefficient (Wildman–Crippen LogP) is 0.654. The molecule has 1 saturated heterocycles. The Morgan fingerprint density at radius 3 is 2.59 bits per heavy atom. The number of carbonyl (C=O) groups excluding carboxylic acids is 3. The molecule has 1 aromatic carbocycles. The molecule has 9 nitrogen and oxygen atoms in total. The Morgan fingerprint density at radius 1 is 1.03 bits per heavy atom. The number of nitrogens with one attached hydrogen (secondary N) is 1.